The van der Waals surface area contributed by atoms with E-state index in [9.17, 15) is 9.59 Å². The molecule has 0 bridgehead atoms. The Bertz CT molecular complexity index is 268. The molecule has 112 valence electrons. The molecule has 19 heavy (non-hydrogen) atoms. The zero-order valence-corrected chi connectivity index (χ0v) is 12.4. The molecule has 0 aliphatic heterocycles. The first-order valence-corrected chi connectivity index (χ1v) is 6.84. The molecule has 1 N–H and O–H groups in total. The van der Waals surface area contributed by atoms with E-state index in [0.29, 0.717) is 12.8 Å². The van der Waals surface area contributed by atoms with Crippen LogP contribution in [-0.4, -0.2) is 36.9 Å². The summed E-state index contributed by atoms with van der Waals surface area (Å²) in [5.74, 6) is -1.98. The van der Waals surface area contributed by atoms with E-state index in [-0.39, 0.29) is 19.8 Å². The molecule has 0 aliphatic rings. The number of rotatable bonds is 9. The summed E-state index contributed by atoms with van der Waals surface area (Å²) in [7, 11) is 0. The molecule has 0 rings (SSSR count). The molecule has 0 radical (unpaired) electrons. The average molecular weight is 274 g/mol. The van der Waals surface area contributed by atoms with Crippen LogP contribution in [0.1, 0.15) is 47.0 Å². The SMILES string of the molecule is CCOC(=O)C(C(=O)OCC)C(C)(C)CCCCO. The summed E-state index contributed by atoms with van der Waals surface area (Å²) in [6, 6.07) is 0. The fourth-order valence-electron chi connectivity index (χ4n) is 2.02. The Kier molecular flexibility index (Phi) is 8.39. The summed E-state index contributed by atoms with van der Waals surface area (Å²) >= 11 is 0. The Morgan fingerprint density at radius 2 is 1.53 bits per heavy atom. The standard InChI is InChI=1S/C14H26O5/c1-5-18-12(16)11(13(17)19-6-2)14(3,4)9-7-8-10-15/h11,15H,5-10H2,1-4H3. The fourth-order valence-corrected chi connectivity index (χ4v) is 2.02. The third-order valence-corrected chi connectivity index (χ3v) is 3.06. The molecular formula is C14H26O5. The van der Waals surface area contributed by atoms with E-state index in [1.54, 1.807) is 13.8 Å². The Morgan fingerprint density at radius 1 is 1.05 bits per heavy atom. The molecule has 0 aromatic carbocycles. The highest BCUT2D eigenvalue weighted by Crippen LogP contribution is 2.34. The molecule has 0 aromatic rings. The van der Waals surface area contributed by atoms with Crippen molar-refractivity contribution in [3.8, 4) is 0 Å². The van der Waals surface area contributed by atoms with Gasteiger partial charge in [-0.15, -0.1) is 0 Å². The molecule has 0 fully saturated rings. The first kappa shape index (κ1) is 17.9. The first-order chi connectivity index (χ1) is 8.90. The second kappa shape index (κ2) is 8.91. The normalized spacial score (nSPS) is 11.5. The van der Waals surface area contributed by atoms with Gasteiger partial charge in [-0.05, 0) is 32.1 Å². The van der Waals surface area contributed by atoms with Gasteiger partial charge in [0, 0.05) is 6.61 Å². The van der Waals surface area contributed by atoms with Gasteiger partial charge in [0.25, 0.3) is 0 Å². The molecule has 5 nitrogen and oxygen atoms in total. The third-order valence-electron chi connectivity index (χ3n) is 3.06. The van der Waals surface area contributed by atoms with Crippen molar-refractivity contribution in [2.45, 2.75) is 47.0 Å². The van der Waals surface area contributed by atoms with Crippen LogP contribution >= 0.6 is 0 Å². The highest BCUT2D eigenvalue weighted by atomic mass is 16.6. The molecule has 0 spiro atoms. The van der Waals surface area contributed by atoms with Crippen molar-refractivity contribution in [1.82, 2.24) is 0 Å². The second-order valence-electron chi connectivity index (χ2n) is 5.11. The van der Waals surface area contributed by atoms with Crippen molar-refractivity contribution < 1.29 is 24.2 Å². The predicted molar refractivity (Wildman–Crippen MR) is 71.5 cm³/mol. The number of hydrogen-bond acceptors (Lipinski definition) is 5. The lowest BCUT2D eigenvalue weighted by Gasteiger charge is -2.31. The van der Waals surface area contributed by atoms with E-state index in [4.69, 9.17) is 14.6 Å². The number of aliphatic hydroxyl groups excluding tert-OH is 1. The minimum Gasteiger partial charge on any atom is -0.465 e. The Hall–Kier alpha value is -1.10. The van der Waals surface area contributed by atoms with Gasteiger partial charge in [-0.25, -0.2) is 0 Å². The molecular weight excluding hydrogens is 248 g/mol. The van der Waals surface area contributed by atoms with Crippen LogP contribution in [0, 0.1) is 11.3 Å². The van der Waals surface area contributed by atoms with E-state index in [2.05, 4.69) is 0 Å². The van der Waals surface area contributed by atoms with Crippen LogP contribution in [0.5, 0.6) is 0 Å². The maximum absolute atomic E-state index is 12.0. The molecule has 0 aliphatic carbocycles. The lowest BCUT2D eigenvalue weighted by atomic mass is 9.75. The van der Waals surface area contributed by atoms with Gasteiger partial charge in [0.15, 0.2) is 5.92 Å². The second-order valence-corrected chi connectivity index (χ2v) is 5.11. The molecule has 0 heterocycles. The van der Waals surface area contributed by atoms with Crippen molar-refractivity contribution in [3.05, 3.63) is 0 Å². The number of carbonyl (C=O) groups is 2. The van der Waals surface area contributed by atoms with E-state index in [1.165, 1.54) is 0 Å². The van der Waals surface area contributed by atoms with Gasteiger partial charge in [-0.3, -0.25) is 9.59 Å². The largest absolute Gasteiger partial charge is 0.465 e. The lowest BCUT2D eigenvalue weighted by molar-refractivity contribution is -0.167. The average Bonchev–Trinajstić information content (AvgIpc) is 2.29. The van der Waals surface area contributed by atoms with Crippen LogP contribution < -0.4 is 0 Å². The van der Waals surface area contributed by atoms with Gasteiger partial charge in [0.2, 0.25) is 0 Å². The maximum atomic E-state index is 12.0. The minimum absolute atomic E-state index is 0.111. The molecule has 0 atom stereocenters. The summed E-state index contributed by atoms with van der Waals surface area (Å²) in [5.41, 5.74) is -0.548. The summed E-state index contributed by atoms with van der Waals surface area (Å²) in [5, 5.41) is 8.81. The van der Waals surface area contributed by atoms with Gasteiger partial charge in [0.1, 0.15) is 0 Å². The molecule has 0 unspecified atom stereocenters. The molecule has 0 amide bonds. The highest BCUT2D eigenvalue weighted by Gasteiger charge is 2.42. The van der Waals surface area contributed by atoms with Crippen LogP contribution in [0.2, 0.25) is 0 Å². The third kappa shape index (κ3) is 6.05. The van der Waals surface area contributed by atoms with Crippen LogP contribution in [0.15, 0.2) is 0 Å². The maximum Gasteiger partial charge on any atom is 0.320 e. The zero-order chi connectivity index (χ0) is 14.9. The number of hydrogen-bond donors (Lipinski definition) is 1. The monoisotopic (exact) mass is 274 g/mol. The summed E-state index contributed by atoms with van der Waals surface area (Å²) < 4.78 is 9.95. The Balaban J connectivity index is 4.88. The number of unbranched alkanes of at least 4 members (excludes halogenated alkanes) is 1. The van der Waals surface area contributed by atoms with E-state index >= 15 is 0 Å². The molecule has 5 heteroatoms. The van der Waals surface area contributed by atoms with E-state index in [0.717, 1.165) is 6.42 Å². The van der Waals surface area contributed by atoms with Crippen molar-refractivity contribution in [3.63, 3.8) is 0 Å². The molecule has 0 aromatic heterocycles. The highest BCUT2D eigenvalue weighted by molar-refractivity contribution is 5.95. The van der Waals surface area contributed by atoms with Crippen LogP contribution in [-0.2, 0) is 19.1 Å². The van der Waals surface area contributed by atoms with Crippen LogP contribution in [0.25, 0.3) is 0 Å². The van der Waals surface area contributed by atoms with Crippen molar-refractivity contribution in [1.29, 1.82) is 0 Å². The number of esters is 2. The lowest BCUT2D eigenvalue weighted by Crippen LogP contribution is -2.39. The number of carbonyl (C=O) groups excluding carboxylic acids is 2. The number of ether oxygens (including phenoxy) is 2. The Morgan fingerprint density at radius 3 is 1.89 bits per heavy atom. The van der Waals surface area contributed by atoms with Gasteiger partial charge >= 0.3 is 11.9 Å². The van der Waals surface area contributed by atoms with Crippen molar-refractivity contribution in [2.24, 2.45) is 11.3 Å². The quantitative estimate of drug-likeness (QED) is 0.395. The van der Waals surface area contributed by atoms with E-state index < -0.39 is 23.3 Å². The van der Waals surface area contributed by atoms with Gasteiger partial charge < -0.3 is 14.6 Å². The van der Waals surface area contributed by atoms with Crippen LogP contribution in [0.4, 0.5) is 0 Å². The molecule has 0 saturated heterocycles. The fraction of sp³-hybridized carbons (Fsp3) is 0.857. The van der Waals surface area contributed by atoms with Crippen LogP contribution in [0.3, 0.4) is 0 Å². The van der Waals surface area contributed by atoms with Gasteiger partial charge in [0.05, 0.1) is 13.2 Å². The first-order valence-electron chi connectivity index (χ1n) is 6.84. The topological polar surface area (TPSA) is 72.8 Å². The number of aliphatic hydroxyl groups is 1. The van der Waals surface area contributed by atoms with Crippen molar-refractivity contribution in [2.75, 3.05) is 19.8 Å². The van der Waals surface area contributed by atoms with Crippen molar-refractivity contribution >= 4 is 11.9 Å². The Labute approximate surface area is 115 Å². The summed E-state index contributed by atoms with van der Waals surface area (Å²) in [6.07, 6.45) is 2.05. The minimum atomic E-state index is -0.911. The summed E-state index contributed by atoms with van der Waals surface area (Å²) in [4.78, 5) is 23.9. The van der Waals surface area contributed by atoms with E-state index in [1.807, 2.05) is 13.8 Å². The smallest absolute Gasteiger partial charge is 0.320 e. The zero-order valence-electron chi connectivity index (χ0n) is 12.4. The molecule has 0 saturated carbocycles. The van der Waals surface area contributed by atoms with Gasteiger partial charge in [-0.2, -0.15) is 0 Å². The predicted octanol–water partition coefficient (Wildman–Crippen LogP) is 1.92. The van der Waals surface area contributed by atoms with Gasteiger partial charge in [-0.1, -0.05) is 20.3 Å². The summed E-state index contributed by atoms with van der Waals surface area (Å²) in [6.45, 7) is 7.70.